The first kappa shape index (κ1) is 24.8. The van der Waals surface area contributed by atoms with Gasteiger partial charge in [0, 0.05) is 28.8 Å². The van der Waals surface area contributed by atoms with Crippen LogP contribution in [0.4, 0.5) is 0 Å². The lowest BCUT2D eigenvalue weighted by atomic mass is 9.96. The first-order valence-corrected chi connectivity index (χ1v) is 13.3. The van der Waals surface area contributed by atoms with Crippen molar-refractivity contribution in [1.82, 2.24) is 20.4 Å². The van der Waals surface area contributed by atoms with Crippen molar-refractivity contribution in [2.24, 2.45) is 5.92 Å². The molecule has 2 heterocycles. The van der Waals surface area contributed by atoms with Gasteiger partial charge in [-0.3, -0.25) is 9.69 Å². The monoisotopic (exact) mass is 498 g/mol. The average molecular weight is 499 g/mol. The Morgan fingerprint density at radius 3 is 2.82 bits per heavy atom. The lowest BCUT2D eigenvalue weighted by molar-refractivity contribution is -0.126. The molecule has 1 aromatic heterocycles. The van der Waals surface area contributed by atoms with Gasteiger partial charge >= 0.3 is 0 Å². The first-order valence-electron chi connectivity index (χ1n) is 11.8. The standard InChI is InChI=1S/C26H31ClN4O2S/c1-19-6-4-8-21(16-19)25-29-24(33-30-25)17-31-13-10-20(11-14-31)26(32)28-12-5-15-34-18-22-7-2-3-9-23(22)27/h2-4,6-9,16,20H,5,10-15,17-18H2,1H3,(H,28,32). The molecule has 1 aliphatic heterocycles. The number of likely N-dealkylation sites (tertiary alicyclic amines) is 1. The third kappa shape index (κ3) is 7.08. The number of piperidine rings is 1. The topological polar surface area (TPSA) is 71.3 Å². The van der Waals surface area contributed by atoms with Crippen LogP contribution >= 0.6 is 23.4 Å². The van der Waals surface area contributed by atoms with Crippen LogP contribution in [0.5, 0.6) is 0 Å². The molecular weight excluding hydrogens is 468 g/mol. The van der Waals surface area contributed by atoms with E-state index in [9.17, 15) is 4.79 Å². The molecule has 1 amide bonds. The van der Waals surface area contributed by atoms with Crippen LogP contribution in [-0.4, -0.2) is 46.3 Å². The largest absolute Gasteiger partial charge is 0.356 e. The van der Waals surface area contributed by atoms with Gasteiger partial charge in [0.05, 0.1) is 6.54 Å². The normalized spacial score (nSPS) is 14.9. The number of amides is 1. The molecule has 1 fully saturated rings. The number of halogens is 1. The van der Waals surface area contributed by atoms with Gasteiger partial charge in [0.2, 0.25) is 17.6 Å². The van der Waals surface area contributed by atoms with Crippen LogP contribution in [0.3, 0.4) is 0 Å². The quantitative estimate of drug-likeness (QED) is 0.380. The minimum atomic E-state index is 0.0811. The maximum atomic E-state index is 12.6. The van der Waals surface area contributed by atoms with Crippen LogP contribution in [0.1, 0.15) is 36.3 Å². The van der Waals surface area contributed by atoms with Crippen LogP contribution in [0.15, 0.2) is 53.1 Å². The zero-order valence-electron chi connectivity index (χ0n) is 19.5. The van der Waals surface area contributed by atoms with Crippen molar-refractivity contribution >= 4 is 29.3 Å². The van der Waals surface area contributed by atoms with E-state index in [1.807, 2.05) is 55.1 Å². The van der Waals surface area contributed by atoms with Crippen molar-refractivity contribution in [3.8, 4) is 11.4 Å². The van der Waals surface area contributed by atoms with Crippen molar-refractivity contribution in [3.63, 3.8) is 0 Å². The maximum Gasteiger partial charge on any atom is 0.241 e. The van der Waals surface area contributed by atoms with Gasteiger partial charge in [-0.25, -0.2) is 0 Å². The SMILES string of the molecule is Cc1cccc(-c2noc(CN3CCC(C(=O)NCCCSCc4ccccc4Cl)CC3)n2)c1. The molecule has 180 valence electrons. The molecule has 0 spiro atoms. The molecule has 0 bridgehead atoms. The second-order valence-electron chi connectivity index (χ2n) is 8.72. The number of benzene rings is 2. The predicted molar refractivity (Wildman–Crippen MR) is 138 cm³/mol. The van der Waals surface area contributed by atoms with Crippen LogP contribution in [0, 0.1) is 12.8 Å². The Morgan fingerprint density at radius 1 is 1.21 bits per heavy atom. The summed E-state index contributed by atoms with van der Waals surface area (Å²) in [5, 5.41) is 8.06. The van der Waals surface area contributed by atoms with E-state index in [1.165, 1.54) is 5.56 Å². The first-order chi connectivity index (χ1) is 16.6. The number of aromatic nitrogens is 2. The molecule has 34 heavy (non-hydrogen) atoms. The van der Waals surface area contributed by atoms with Gasteiger partial charge in [-0.15, -0.1) is 0 Å². The van der Waals surface area contributed by atoms with E-state index in [-0.39, 0.29) is 11.8 Å². The summed E-state index contributed by atoms with van der Waals surface area (Å²) < 4.78 is 5.46. The van der Waals surface area contributed by atoms with Crippen molar-refractivity contribution in [2.45, 2.75) is 38.5 Å². The Kier molecular flexibility index (Phi) is 9.02. The molecular formula is C26H31ClN4O2S. The predicted octanol–water partition coefficient (Wildman–Crippen LogP) is 5.35. The van der Waals surface area contributed by atoms with Crippen molar-refractivity contribution in [2.75, 3.05) is 25.4 Å². The van der Waals surface area contributed by atoms with E-state index in [0.29, 0.717) is 18.3 Å². The zero-order valence-corrected chi connectivity index (χ0v) is 21.1. The molecule has 3 aromatic rings. The van der Waals surface area contributed by atoms with Gasteiger partial charge in [-0.2, -0.15) is 16.7 Å². The van der Waals surface area contributed by atoms with E-state index in [2.05, 4.69) is 32.5 Å². The summed E-state index contributed by atoms with van der Waals surface area (Å²) in [6, 6.07) is 16.0. The lowest BCUT2D eigenvalue weighted by Crippen LogP contribution is -2.40. The van der Waals surface area contributed by atoms with Crippen LogP contribution in [0.2, 0.25) is 5.02 Å². The van der Waals surface area contributed by atoms with E-state index in [0.717, 1.165) is 66.6 Å². The van der Waals surface area contributed by atoms with Gasteiger partial charge in [0.25, 0.3) is 0 Å². The molecule has 6 nitrogen and oxygen atoms in total. The molecule has 4 rings (SSSR count). The van der Waals surface area contributed by atoms with Crippen molar-refractivity contribution < 1.29 is 9.32 Å². The maximum absolute atomic E-state index is 12.6. The molecule has 1 N–H and O–H groups in total. The summed E-state index contributed by atoms with van der Waals surface area (Å²) in [5.41, 5.74) is 3.30. The minimum Gasteiger partial charge on any atom is -0.356 e. The van der Waals surface area contributed by atoms with E-state index < -0.39 is 0 Å². The van der Waals surface area contributed by atoms with E-state index in [1.54, 1.807) is 0 Å². The van der Waals surface area contributed by atoms with Crippen LogP contribution in [0.25, 0.3) is 11.4 Å². The van der Waals surface area contributed by atoms with Crippen molar-refractivity contribution in [3.05, 3.63) is 70.6 Å². The second-order valence-corrected chi connectivity index (χ2v) is 10.2. The highest BCUT2D eigenvalue weighted by Gasteiger charge is 2.25. The van der Waals surface area contributed by atoms with Crippen molar-refractivity contribution in [1.29, 1.82) is 0 Å². The molecule has 8 heteroatoms. The van der Waals surface area contributed by atoms with Gasteiger partial charge in [0.15, 0.2) is 0 Å². The highest BCUT2D eigenvalue weighted by Crippen LogP contribution is 2.22. The number of thioether (sulfide) groups is 1. The Labute approximate surface area is 210 Å². The number of aryl methyl sites for hydroxylation is 1. The average Bonchev–Trinajstić information content (AvgIpc) is 3.31. The second kappa shape index (κ2) is 12.4. The number of carbonyl (C=O) groups is 1. The van der Waals surface area contributed by atoms with Crippen LogP contribution < -0.4 is 5.32 Å². The molecule has 0 saturated carbocycles. The minimum absolute atomic E-state index is 0.0811. The number of hydrogen-bond acceptors (Lipinski definition) is 6. The number of hydrogen-bond donors (Lipinski definition) is 1. The Bertz CT molecular complexity index is 1080. The highest BCUT2D eigenvalue weighted by atomic mass is 35.5. The molecule has 0 radical (unpaired) electrons. The number of carbonyl (C=O) groups excluding carboxylic acids is 1. The van der Waals surface area contributed by atoms with Gasteiger partial charge < -0.3 is 9.84 Å². The summed E-state index contributed by atoms with van der Waals surface area (Å²) in [7, 11) is 0. The fourth-order valence-corrected chi connectivity index (χ4v) is 5.34. The summed E-state index contributed by atoms with van der Waals surface area (Å²) in [6.45, 7) is 5.10. The number of nitrogens with one attached hydrogen (secondary N) is 1. The lowest BCUT2D eigenvalue weighted by Gasteiger charge is -2.30. The van der Waals surface area contributed by atoms with Gasteiger partial charge in [-0.1, -0.05) is 58.7 Å². The Hall–Kier alpha value is -2.35. The zero-order chi connectivity index (χ0) is 23.8. The molecule has 0 atom stereocenters. The highest BCUT2D eigenvalue weighted by molar-refractivity contribution is 7.98. The summed E-state index contributed by atoms with van der Waals surface area (Å²) in [6.07, 6.45) is 2.66. The Morgan fingerprint density at radius 2 is 2.03 bits per heavy atom. The van der Waals surface area contributed by atoms with E-state index in [4.69, 9.17) is 16.1 Å². The summed E-state index contributed by atoms with van der Waals surface area (Å²) in [4.78, 5) is 19.4. The fraction of sp³-hybridized carbons (Fsp3) is 0.423. The number of rotatable bonds is 10. The third-order valence-electron chi connectivity index (χ3n) is 6.04. The van der Waals surface area contributed by atoms with Crippen LogP contribution in [-0.2, 0) is 17.1 Å². The van der Waals surface area contributed by atoms with Gasteiger partial charge in [-0.05, 0) is 62.7 Å². The number of nitrogens with zero attached hydrogens (tertiary/aromatic N) is 3. The smallest absolute Gasteiger partial charge is 0.241 e. The molecule has 2 aromatic carbocycles. The molecule has 1 saturated heterocycles. The summed E-state index contributed by atoms with van der Waals surface area (Å²) in [5.74, 6) is 3.40. The third-order valence-corrected chi connectivity index (χ3v) is 7.50. The molecule has 1 aliphatic rings. The fourth-order valence-electron chi connectivity index (χ4n) is 4.09. The van der Waals surface area contributed by atoms with E-state index >= 15 is 0 Å². The molecule has 0 aliphatic carbocycles. The van der Waals surface area contributed by atoms with Gasteiger partial charge in [0.1, 0.15) is 0 Å². The molecule has 0 unspecified atom stereocenters. The summed E-state index contributed by atoms with van der Waals surface area (Å²) >= 11 is 8.04. The Balaban J connectivity index is 1.12.